The summed E-state index contributed by atoms with van der Waals surface area (Å²) in [5, 5.41) is 3.45. The zero-order valence-corrected chi connectivity index (χ0v) is 15.8. The van der Waals surface area contributed by atoms with Crippen LogP contribution >= 0.6 is 27.3 Å². The molecule has 2 rings (SSSR count). The fraction of sp³-hybridized carbons (Fsp3) is 0.412. The first-order chi connectivity index (χ1) is 9.90. The Hall–Kier alpha value is -0.840. The average Bonchev–Trinajstić information content (AvgIpc) is 2.76. The van der Waals surface area contributed by atoms with Crippen molar-refractivity contribution in [2.75, 3.05) is 14.2 Å². The second-order valence-corrected chi connectivity index (χ2v) is 7.50. The van der Waals surface area contributed by atoms with E-state index in [0.717, 1.165) is 15.8 Å². The van der Waals surface area contributed by atoms with Gasteiger partial charge in [-0.25, -0.2) is 0 Å². The van der Waals surface area contributed by atoms with Crippen molar-refractivity contribution in [1.29, 1.82) is 0 Å². The van der Waals surface area contributed by atoms with Gasteiger partial charge in [-0.1, -0.05) is 15.9 Å². The Morgan fingerprint density at radius 2 is 1.81 bits per heavy atom. The number of methoxy groups -OCH3 is 1. The number of nitrogens with one attached hydrogen (secondary N) is 1. The first-order valence-corrected chi connectivity index (χ1v) is 8.59. The van der Waals surface area contributed by atoms with Gasteiger partial charge in [0.1, 0.15) is 5.75 Å². The van der Waals surface area contributed by atoms with Gasteiger partial charge in [-0.15, -0.1) is 11.3 Å². The number of thiophene rings is 1. The van der Waals surface area contributed by atoms with E-state index in [0.29, 0.717) is 0 Å². The lowest BCUT2D eigenvalue weighted by molar-refractivity contribution is 0.402. The van der Waals surface area contributed by atoms with E-state index in [1.54, 1.807) is 7.11 Å². The summed E-state index contributed by atoms with van der Waals surface area (Å²) in [6, 6.07) is 4.54. The number of rotatable bonds is 4. The molecule has 1 unspecified atom stereocenters. The van der Waals surface area contributed by atoms with E-state index in [-0.39, 0.29) is 6.04 Å². The molecule has 0 aliphatic rings. The Morgan fingerprint density at radius 1 is 1.14 bits per heavy atom. The Bertz CT molecular complexity index is 644. The third-order valence-corrected chi connectivity index (χ3v) is 6.00. The third-order valence-electron chi connectivity index (χ3n) is 3.96. The second kappa shape index (κ2) is 6.51. The van der Waals surface area contributed by atoms with Crippen molar-refractivity contribution in [1.82, 2.24) is 5.32 Å². The van der Waals surface area contributed by atoms with Gasteiger partial charge in [0, 0.05) is 19.8 Å². The molecule has 1 aromatic heterocycles. The fourth-order valence-electron chi connectivity index (χ4n) is 2.67. The van der Waals surface area contributed by atoms with Gasteiger partial charge >= 0.3 is 0 Å². The van der Waals surface area contributed by atoms with E-state index in [1.165, 1.54) is 26.4 Å². The molecule has 0 saturated heterocycles. The molecule has 0 spiro atoms. The molecule has 2 nitrogen and oxygen atoms in total. The Balaban J connectivity index is 2.67. The summed E-state index contributed by atoms with van der Waals surface area (Å²) in [4.78, 5) is 2.69. The van der Waals surface area contributed by atoms with E-state index < -0.39 is 0 Å². The molecule has 1 N–H and O–H groups in total. The summed E-state index contributed by atoms with van der Waals surface area (Å²) >= 11 is 5.52. The van der Waals surface area contributed by atoms with E-state index in [9.17, 15) is 0 Å². The molecule has 1 atom stereocenters. The Kier molecular flexibility index (Phi) is 5.12. The smallest absolute Gasteiger partial charge is 0.127 e. The molecule has 1 heterocycles. The molecule has 0 radical (unpaired) electrons. The van der Waals surface area contributed by atoms with Gasteiger partial charge in [0.05, 0.1) is 13.2 Å². The summed E-state index contributed by atoms with van der Waals surface area (Å²) in [5.41, 5.74) is 4.93. The predicted octanol–water partition coefficient (Wildman–Crippen LogP) is 5.06. The highest BCUT2D eigenvalue weighted by Gasteiger charge is 2.23. The molecule has 21 heavy (non-hydrogen) atoms. The lowest BCUT2D eigenvalue weighted by Crippen LogP contribution is -2.19. The van der Waals surface area contributed by atoms with E-state index in [4.69, 9.17) is 4.74 Å². The van der Waals surface area contributed by atoms with E-state index in [1.807, 2.05) is 18.4 Å². The van der Waals surface area contributed by atoms with Crippen LogP contribution in [0.3, 0.4) is 0 Å². The number of halogens is 1. The SMILES string of the molecule is CNC(c1cc(C)c(C)s1)c1c(C)c(Br)cc(C)c1OC. The van der Waals surface area contributed by atoms with Crippen LogP contribution in [0, 0.1) is 27.7 Å². The number of hydrogen-bond donors (Lipinski definition) is 1. The van der Waals surface area contributed by atoms with Crippen LogP contribution in [0.1, 0.15) is 38.0 Å². The largest absolute Gasteiger partial charge is 0.496 e. The van der Waals surface area contributed by atoms with Gasteiger partial charge in [0.15, 0.2) is 0 Å². The van der Waals surface area contributed by atoms with E-state index in [2.05, 4.69) is 61.1 Å². The van der Waals surface area contributed by atoms with Gasteiger partial charge in [-0.3, -0.25) is 0 Å². The minimum absolute atomic E-state index is 0.147. The van der Waals surface area contributed by atoms with Crippen LogP contribution in [0.2, 0.25) is 0 Å². The van der Waals surface area contributed by atoms with E-state index >= 15 is 0 Å². The standard InChI is InChI=1S/C17H22BrNOS/c1-9-8-14(21-12(9)4)16(19-5)15-11(3)13(18)7-10(2)17(15)20-6/h7-8,16,19H,1-6H3. The van der Waals surface area contributed by atoms with Crippen LogP contribution in [-0.2, 0) is 0 Å². The van der Waals surface area contributed by atoms with Crippen LogP contribution in [0.25, 0.3) is 0 Å². The van der Waals surface area contributed by atoms with Gasteiger partial charge in [-0.2, -0.15) is 0 Å². The van der Waals surface area contributed by atoms with Gasteiger partial charge in [0.2, 0.25) is 0 Å². The highest BCUT2D eigenvalue weighted by atomic mass is 79.9. The van der Waals surface area contributed by atoms with Crippen molar-refractivity contribution in [3.8, 4) is 5.75 Å². The van der Waals surface area contributed by atoms with Crippen molar-refractivity contribution >= 4 is 27.3 Å². The molecule has 114 valence electrons. The third kappa shape index (κ3) is 3.03. The maximum Gasteiger partial charge on any atom is 0.127 e. The summed E-state index contributed by atoms with van der Waals surface area (Å²) in [7, 11) is 3.75. The zero-order chi connectivity index (χ0) is 15.7. The lowest BCUT2D eigenvalue weighted by atomic mass is 9.96. The molecule has 4 heteroatoms. The highest BCUT2D eigenvalue weighted by Crippen LogP contribution is 2.40. The van der Waals surface area contributed by atoms with Crippen molar-refractivity contribution < 1.29 is 4.74 Å². The van der Waals surface area contributed by atoms with Crippen molar-refractivity contribution in [3.05, 3.63) is 48.6 Å². The number of benzene rings is 1. The number of ether oxygens (including phenoxy) is 1. The maximum atomic E-state index is 5.70. The first kappa shape index (κ1) is 16.5. The normalized spacial score (nSPS) is 12.5. The highest BCUT2D eigenvalue weighted by molar-refractivity contribution is 9.10. The van der Waals surface area contributed by atoms with Gasteiger partial charge in [0.25, 0.3) is 0 Å². The van der Waals surface area contributed by atoms with Crippen LogP contribution < -0.4 is 10.1 Å². The quantitative estimate of drug-likeness (QED) is 0.814. The molecule has 0 aliphatic heterocycles. The number of aryl methyl sites for hydroxylation is 3. The number of hydrogen-bond acceptors (Lipinski definition) is 3. The van der Waals surface area contributed by atoms with Gasteiger partial charge < -0.3 is 10.1 Å². The molecular formula is C17H22BrNOS. The molecule has 0 saturated carbocycles. The molecule has 2 aromatic rings. The second-order valence-electron chi connectivity index (χ2n) is 5.36. The molecule has 0 amide bonds. The average molecular weight is 368 g/mol. The predicted molar refractivity (Wildman–Crippen MR) is 94.9 cm³/mol. The van der Waals surface area contributed by atoms with Crippen LogP contribution in [0.15, 0.2) is 16.6 Å². The topological polar surface area (TPSA) is 21.3 Å². The Morgan fingerprint density at radius 3 is 2.29 bits per heavy atom. The molecular weight excluding hydrogens is 346 g/mol. The molecule has 0 bridgehead atoms. The zero-order valence-electron chi connectivity index (χ0n) is 13.4. The first-order valence-electron chi connectivity index (χ1n) is 6.98. The lowest BCUT2D eigenvalue weighted by Gasteiger charge is -2.23. The van der Waals surface area contributed by atoms with Crippen LogP contribution in [-0.4, -0.2) is 14.2 Å². The van der Waals surface area contributed by atoms with Crippen LogP contribution in [0.5, 0.6) is 5.75 Å². The van der Waals surface area contributed by atoms with Crippen molar-refractivity contribution in [2.24, 2.45) is 0 Å². The summed E-state index contributed by atoms with van der Waals surface area (Å²) < 4.78 is 6.82. The van der Waals surface area contributed by atoms with Crippen LogP contribution in [0.4, 0.5) is 0 Å². The Labute approximate surface area is 139 Å². The summed E-state index contributed by atoms with van der Waals surface area (Å²) in [5.74, 6) is 0.971. The maximum absolute atomic E-state index is 5.70. The van der Waals surface area contributed by atoms with Crippen molar-refractivity contribution in [2.45, 2.75) is 33.7 Å². The van der Waals surface area contributed by atoms with Crippen molar-refractivity contribution in [3.63, 3.8) is 0 Å². The molecule has 0 aliphatic carbocycles. The minimum Gasteiger partial charge on any atom is -0.496 e. The fourth-order valence-corrected chi connectivity index (χ4v) is 4.39. The molecule has 0 fully saturated rings. The minimum atomic E-state index is 0.147. The summed E-state index contributed by atoms with van der Waals surface area (Å²) in [6.07, 6.45) is 0. The summed E-state index contributed by atoms with van der Waals surface area (Å²) in [6.45, 7) is 8.56. The van der Waals surface area contributed by atoms with Gasteiger partial charge in [-0.05, 0) is 63.6 Å². The monoisotopic (exact) mass is 367 g/mol. The molecule has 1 aromatic carbocycles.